The Hall–Kier alpha value is -2.80. The first kappa shape index (κ1) is 23.5. The standard InChI is InChI=1S/C23H32N2O5/c1-7-8-18-21(16(4)26)15(3)24-22(18)23(27)25-14(2)17-9-10-19(20(13-17)29-6)30-12-11-28-5/h9-10,13-14,24H,7-8,11-12H2,1-6H3,(H,25,27). The Kier molecular flexibility index (Phi) is 8.47. The number of hydrogen-bond donors (Lipinski definition) is 2. The van der Waals surface area contributed by atoms with Crippen LogP contribution in [0, 0.1) is 6.92 Å². The van der Waals surface area contributed by atoms with Crippen molar-refractivity contribution in [2.45, 2.75) is 46.6 Å². The molecule has 30 heavy (non-hydrogen) atoms. The Labute approximate surface area is 178 Å². The number of aromatic nitrogens is 1. The molecule has 7 heteroatoms. The summed E-state index contributed by atoms with van der Waals surface area (Å²) >= 11 is 0. The van der Waals surface area contributed by atoms with Crippen LogP contribution in [0.1, 0.15) is 70.9 Å². The molecule has 164 valence electrons. The number of ketones is 1. The van der Waals surface area contributed by atoms with Gasteiger partial charge in [0.15, 0.2) is 17.3 Å². The number of methoxy groups -OCH3 is 2. The monoisotopic (exact) mass is 416 g/mol. The number of H-pyrrole nitrogens is 1. The van der Waals surface area contributed by atoms with E-state index in [1.54, 1.807) is 14.2 Å². The van der Waals surface area contributed by atoms with E-state index >= 15 is 0 Å². The van der Waals surface area contributed by atoms with E-state index in [-0.39, 0.29) is 17.7 Å². The van der Waals surface area contributed by atoms with Crippen molar-refractivity contribution in [3.63, 3.8) is 0 Å². The molecule has 0 saturated heterocycles. The molecule has 0 aliphatic carbocycles. The van der Waals surface area contributed by atoms with E-state index in [9.17, 15) is 9.59 Å². The largest absolute Gasteiger partial charge is 0.493 e. The Morgan fingerprint density at radius 3 is 2.50 bits per heavy atom. The van der Waals surface area contributed by atoms with Crippen LogP contribution in [0.2, 0.25) is 0 Å². The molecule has 2 rings (SSSR count). The second-order valence-electron chi connectivity index (χ2n) is 7.23. The maximum Gasteiger partial charge on any atom is 0.268 e. The van der Waals surface area contributed by atoms with Crippen molar-refractivity contribution in [3.05, 3.63) is 46.3 Å². The van der Waals surface area contributed by atoms with Gasteiger partial charge in [-0.2, -0.15) is 0 Å². The number of carbonyl (C=O) groups excluding carboxylic acids is 2. The molecule has 2 N–H and O–H groups in total. The number of amides is 1. The number of aromatic amines is 1. The van der Waals surface area contributed by atoms with Crippen LogP contribution in [0.25, 0.3) is 0 Å². The molecule has 1 aromatic heterocycles. The van der Waals surface area contributed by atoms with Gasteiger partial charge in [0.25, 0.3) is 5.91 Å². The molecule has 0 radical (unpaired) electrons. The van der Waals surface area contributed by atoms with Crippen LogP contribution >= 0.6 is 0 Å². The molecule has 1 heterocycles. The molecular formula is C23H32N2O5. The molecule has 0 bridgehead atoms. The highest BCUT2D eigenvalue weighted by molar-refractivity contribution is 6.02. The molecule has 1 atom stereocenters. The highest BCUT2D eigenvalue weighted by Gasteiger charge is 2.23. The van der Waals surface area contributed by atoms with Gasteiger partial charge in [-0.3, -0.25) is 9.59 Å². The highest BCUT2D eigenvalue weighted by Crippen LogP contribution is 2.30. The zero-order valence-electron chi connectivity index (χ0n) is 18.7. The first-order valence-corrected chi connectivity index (χ1v) is 10.2. The Bertz CT molecular complexity index is 888. The zero-order valence-corrected chi connectivity index (χ0v) is 18.7. The number of Topliss-reactive ketones (excluding diaryl/α,β-unsaturated/α-hetero) is 1. The second kappa shape index (κ2) is 10.8. The SMILES string of the molecule is CCCc1c(C(=O)NC(C)c2ccc(OCCOC)c(OC)c2)[nH]c(C)c1C(C)=O. The smallest absolute Gasteiger partial charge is 0.268 e. The molecule has 1 unspecified atom stereocenters. The molecule has 0 aliphatic heterocycles. The Morgan fingerprint density at radius 2 is 1.90 bits per heavy atom. The Morgan fingerprint density at radius 1 is 1.17 bits per heavy atom. The van der Waals surface area contributed by atoms with E-state index in [0.29, 0.717) is 42.4 Å². The zero-order chi connectivity index (χ0) is 22.3. The Balaban J connectivity index is 2.21. The van der Waals surface area contributed by atoms with Gasteiger partial charge in [-0.1, -0.05) is 19.4 Å². The molecule has 1 amide bonds. The second-order valence-corrected chi connectivity index (χ2v) is 7.23. The fourth-order valence-corrected chi connectivity index (χ4v) is 3.51. The van der Waals surface area contributed by atoms with Gasteiger partial charge in [-0.15, -0.1) is 0 Å². The van der Waals surface area contributed by atoms with Crippen LogP contribution in [-0.2, 0) is 11.2 Å². The number of rotatable bonds is 11. The summed E-state index contributed by atoms with van der Waals surface area (Å²) in [5.74, 6) is 0.938. The first-order valence-electron chi connectivity index (χ1n) is 10.2. The van der Waals surface area contributed by atoms with Gasteiger partial charge < -0.3 is 24.5 Å². The van der Waals surface area contributed by atoms with Gasteiger partial charge in [0, 0.05) is 18.4 Å². The fraction of sp³-hybridized carbons (Fsp3) is 0.478. The van der Waals surface area contributed by atoms with E-state index in [4.69, 9.17) is 14.2 Å². The maximum absolute atomic E-state index is 13.0. The van der Waals surface area contributed by atoms with E-state index in [0.717, 1.165) is 23.2 Å². The third kappa shape index (κ3) is 5.42. The number of nitrogens with one attached hydrogen (secondary N) is 2. The van der Waals surface area contributed by atoms with Crippen molar-refractivity contribution in [1.29, 1.82) is 0 Å². The van der Waals surface area contributed by atoms with Crippen LogP contribution in [0.3, 0.4) is 0 Å². The number of aryl methyl sites for hydroxylation is 1. The van der Waals surface area contributed by atoms with Crippen molar-refractivity contribution in [1.82, 2.24) is 10.3 Å². The van der Waals surface area contributed by atoms with Gasteiger partial charge in [-0.05, 0) is 50.5 Å². The number of carbonyl (C=O) groups is 2. The van der Waals surface area contributed by atoms with E-state index < -0.39 is 0 Å². The van der Waals surface area contributed by atoms with Gasteiger partial charge in [0.1, 0.15) is 12.3 Å². The first-order chi connectivity index (χ1) is 14.3. The lowest BCUT2D eigenvalue weighted by atomic mass is 10.0. The highest BCUT2D eigenvalue weighted by atomic mass is 16.5. The average Bonchev–Trinajstić information content (AvgIpc) is 3.04. The molecule has 0 spiro atoms. The van der Waals surface area contributed by atoms with Crippen LogP contribution in [0.5, 0.6) is 11.5 Å². The van der Waals surface area contributed by atoms with E-state index in [2.05, 4.69) is 10.3 Å². The lowest BCUT2D eigenvalue weighted by Gasteiger charge is -2.17. The summed E-state index contributed by atoms with van der Waals surface area (Å²) in [4.78, 5) is 28.1. The summed E-state index contributed by atoms with van der Waals surface area (Å²) < 4.78 is 16.1. The maximum atomic E-state index is 13.0. The van der Waals surface area contributed by atoms with Gasteiger partial charge in [0.2, 0.25) is 0 Å². The summed E-state index contributed by atoms with van der Waals surface area (Å²) in [7, 11) is 3.19. The minimum absolute atomic E-state index is 0.0342. The van der Waals surface area contributed by atoms with Crippen molar-refractivity contribution in [2.24, 2.45) is 0 Å². The molecule has 2 aromatic rings. The van der Waals surface area contributed by atoms with Crippen molar-refractivity contribution < 1.29 is 23.8 Å². The lowest BCUT2D eigenvalue weighted by molar-refractivity contribution is 0.0934. The molecular weight excluding hydrogens is 384 g/mol. The predicted molar refractivity (Wildman–Crippen MR) is 116 cm³/mol. The molecule has 7 nitrogen and oxygen atoms in total. The lowest BCUT2D eigenvalue weighted by Crippen LogP contribution is -2.28. The number of ether oxygens (including phenoxy) is 3. The molecule has 0 aliphatic rings. The number of hydrogen-bond acceptors (Lipinski definition) is 5. The van der Waals surface area contributed by atoms with E-state index in [1.807, 2.05) is 39.0 Å². The van der Waals surface area contributed by atoms with Gasteiger partial charge in [-0.25, -0.2) is 0 Å². The average molecular weight is 417 g/mol. The van der Waals surface area contributed by atoms with Crippen molar-refractivity contribution >= 4 is 11.7 Å². The summed E-state index contributed by atoms with van der Waals surface area (Å²) in [5, 5.41) is 3.02. The van der Waals surface area contributed by atoms with Gasteiger partial charge in [0.05, 0.1) is 19.8 Å². The van der Waals surface area contributed by atoms with Crippen LogP contribution in [-0.4, -0.2) is 44.1 Å². The molecule has 1 aromatic carbocycles. The summed E-state index contributed by atoms with van der Waals surface area (Å²) in [6.45, 7) is 8.18. The van der Waals surface area contributed by atoms with Gasteiger partial charge >= 0.3 is 0 Å². The third-order valence-electron chi connectivity index (χ3n) is 4.95. The molecule has 0 saturated carbocycles. The van der Waals surface area contributed by atoms with E-state index in [1.165, 1.54) is 6.92 Å². The predicted octanol–water partition coefficient (Wildman–Crippen LogP) is 4.00. The fourth-order valence-electron chi connectivity index (χ4n) is 3.51. The van der Waals surface area contributed by atoms with Crippen LogP contribution in [0.15, 0.2) is 18.2 Å². The summed E-state index contributed by atoms with van der Waals surface area (Å²) in [5.41, 5.74) is 3.47. The van der Waals surface area contributed by atoms with Crippen molar-refractivity contribution in [3.8, 4) is 11.5 Å². The summed E-state index contributed by atoms with van der Waals surface area (Å²) in [6, 6.07) is 5.30. The topological polar surface area (TPSA) is 89.7 Å². The minimum atomic E-state index is -0.265. The number of benzene rings is 1. The van der Waals surface area contributed by atoms with Crippen LogP contribution < -0.4 is 14.8 Å². The minimum Gasteiger partial charge on any atom is -0.493 e. The molecule has 0 fully saturated rings. The van der Waals surface area contributed by atoms with Crippen LogP contribution in [0.4, 0.5) is 0 Å². The quantitative estimate of drug-likeness (QED) is 0.427. The van der Waals surface area contributed by atoms with Crippen molar-refractivity contribution in [2.75, 3.05) is 27.4 Å². The third-order valence-corrected chi connectivity index (χ3v) is 4.95. The normalized spacial score (nSPS) is 11.8. The summed E-state index contributed by atoms with van der Waals surface area (Å²) in [6.07, 6.45) is 1.51.